The Kier molecular flexibility index (Phi) is 5.13. The number of hydrogen-bond acceptors (Lipinski definition) is 3. The van der Waals surface area contributed by atoms with Crippen molar-refractivity contribution in [2.24, 2.45) is 0 Å². The number of aromatic nitrogens is 1. The van der Waals surface area contributed by atoms with E-state index in [0.29, 0.717) is 6.04 Å². The molecular formula is C17H22N2O. The summed E-state index contributed by atoms with van der Waals surface area (Å²) in [5.41, 5.74) is 3.83. The molecule has 1 aromatic heterocycles. The van der Waals surface area contributed by atoms with E-state index in [0.717, 1.165) is 18.6 Å². The third kappa shape index (κ3) is 3.81. The van der Waals surface area contributed by atoms with Crippen LogP contribution >= 0.6 is 0 Å². The molecule has 0 spiro atoms. The highest BCUT2D eigenvalue weighted by molar-refractivity contribution is 5.26. The standard InChI is InChI=1S/C17H22N2O/c1-13-4-6-14(7-5-13)8-9-17(18-2)15-10-16(20-3)12-19-11-15/h4-7,10-12,17-18H,8-9H2,1-3H3. The lowest BCUT2D eigenvalue weighted by molar-refractivity contribution is 0.410. The van der Waals surface area contributed by atoms with Crippen LogP contribution in [0.15, 0.2) is 42.7 Å². The van der Waals surface area contributed by atoms with Gasteiger partial charge in [-0.1, -0.05) is 29.8 Å². The van der Waals surface area contributed by atoms with E-state index in [1.165, 1.54) is 16.7 Å². The van der Waals surface area contributed by atoms with Crippen LogP contribution in [-0.2, 0) is 6.42 Å². The Bertz CT molecular complexity index is 537. The van der Waals surface area contributed by atoms with E-state index in [1.807, 2.05) is 19.3 Å². The lowest BCUT2D eigenvalue weighted by Crippen LogP contribution is -2.17. The highest BCUT2D eigenvalue weighted by atomic mass is 16.5. The number of rotatable bonds is 6. The fourth-order valence-electron chi connectivity index (χ4n) is 2.28. The molecule has 106 valence electrons. The average molecular weight is 270 g/mol. The second-order valence-corrected chi connectivity index (χ2v) is 5.02. The molecule has 0 radical (unpaired) electrons. The first kappa shape index (κ1) is 14.5. The second-order valence-electron chi connectivity index (χ2n) is 5.02. The molecule has 3 heteroatoms. The minimum atomic E-state index is 0.291. The van der Waals surface area contributed by atoms with E-state index < -0.39 is 0 Å². The molecule has 0 aliphatic carbocycles. The molecule has 20 heavy (non-hydrogen) atoms. The SMILES string of the molecule is CNC(CCc1ccc(C)cc1)c1cncc(OC)c1. The Morgan fingerprint density at radius 1 is 1.20 bits per heavy atom. The van der Waals surface area contributed by atoms with Crippen molar-refractivity contribution < 1.29 is 4.74 Å². The predicted octanol–water partition coefficient (Wildman–Crippen LogP) is 3.29. The zero-order chi connectivity index (χ0) is 14.4. The second kappa shape index (κ2) is 7.06. The zero-order valence-electron chi connectivity index (χ0n) is 12.4. The Balaban J connectivity index is 2.03. The third-order valence-corrected chi connectivity index (χ3v) is 3.56. The van der Waals surface area contributed by atoms with Gasteiger partial charge >= 0.3 is 0 Å². The van der Waals surface area contributed by atoms with Crippen molar-refractivity contribution in [1.29, 1.82) is 0 Å². The summed E-state index contributed by atoms with van der Waals surface area (Å²) in [6, 6.07) is 11.1. The van der Waals surface area contributed by atoms with Gasteiger partial charge in [0.1, 0.15) is 5.75 Å². The van der Waals surface area contributed by atoms with Crippen LogP contribution < -0.4 is 10.1 Å². The number of aryl methyl sites for hydroxylation is 2. The number of hydrogen-bond donors (Lipinski definition) is 1. The number of benzene rings is 1. The average Bonchev–Trinajstić information content (AvgIpc) is 2.50. The molecule has 2 aromatic rings. The monoisotopic (exact) mass is 270 g/mol. The summed E-state index contributed by atoms with van der Waals surface area (Å²) in [5, 5.41) is 3.36. The Hall–Kier alpha value is -1.87. The molecule has 0 amide bonds. The van der Waals surface area contributed by atoms with Gasteiger partial charge in [0.15, 0.2) is 0 Å². The van der Waals surface area contributed by atoms with Crippen LogP contribution in [0.1, 0.15) is 29.2 Å². The van der Waals surface area contributed by atoms with Gasteiger partial charge in [-0.05, 0) is 44.0 Å². The number of methoxy groups -OCH3 is 1. The molecule has 3 nitrogen and oxygen atoms in total. The van der Waals surface area contributed by atoms with Gasteiger partial charge in [-0.15, -0.1) is 0 Å². The molecule has 0 bridgehead atoms. The molecule has 1 N–H and O–H groups in total. The minimum absolute atomic E-state index is 0.291. The topological polar surface area (TPSA) is 34.2 Å². The van der Waals surface area contributed by atoms with Gasteiger partial charge in [0.25, 0.3) is 0 Å². The van der Waals surface area contributed by atoms with Crippen LogP contribution in [0, 0.1) is 6.92 Å². The zero-order valence-corrected chi connectivity index (χ0v) is 12.4. The lowest BCUT2D eigenvalue weighted by atomic mass is 10.00. The van der Waals surface area contributed by atoms with Gasteiger partial charge in [-0.2, -0.15) is 0 Å². The summed E-state index contributed by atoms with van der Waals surface area (Å²) in [7, 11) is 3.65. The molecule has 0 aliphatic rings. The van der Waals surface area contributed by atoms with Crippen molar-refractivity contribution >= 4 is 0 Å². The maximum atomic E-state index is 5.24. The Morgan fingerprint density at radius 2 is 1.95 bits per heavy atom. The summed E-state index contributed by atoms with van der Waals surface area (Å²) >= 11 is 0. The van der Waals surface area contributed by atoms with Gasteiger partial charge in [0, 0.05) is 12.2 Å². The summed E-state index contributed by atoms with van der Waals surface area (Å²) in [6.07, 6.45) is 5.71. The van der Waals surface area contributed by atoms with Gasteiger partial charge in [-0.25, -0.2) is 0 Å². The van der Waals surface area contributed by atoms with Crippen molar-refractivity contribution in [1.82, 2.24) is 10.3 Å². The van der Waals surface area contributed by atoms with Gasteiger partial charge < -0.3 is 10.1 Å². The van der Waals surface area contributed by atoms with Crippen LogP contribution in [0.25, 0.3) is 0 Å². The quantitative estimate of drug-likeness (QED) is 0.874. The number of ether oxygens (including phenoxy) is 1. The summed E-state index contributed by atoms with van der Waals surface area (Å²) < 4.78 is 5.24. The largest absolute Gasteiger partial charge is 0.495 e. The van der Waals surface area contributed by atoms with E-state index in [2.05, 4.69) is 41.5 Å². The summed E-state index contributed by atoms with van der Waals surface area (Å²) in [4.78, 5) is 4.23. The van der Waals surface area contributed by atoms with Gasteiger partial charge in [0.2, 0.25) is 0 Å². The third-order valence-electron chi connectivity index (χ3n) is 3.56. The van der Waals surface area contributed by atoms with Crippen molar-refractivity contribution in [2.75, 3.05) is 14.2 Å². The minimum Gasteiger partial charge on any atom is -0.495 e. The molecule has 0 aliphatic heterocycles. The number of pyridine rings is 1. The number of nitrogens with one attached hydrogen (secondary N) is 1. The molecule has 0 fully saturated rings. The van der Waals surface area contributed by atoms with Crippen molar-refractivity contribution in [3.63, 3.8) is 0 Å². The summed E-state index contributed by atoms with van der Waals surface area (Å²) in [5.74, 6) is 0.804. The molecule has 2 rings (SSSR count). The van der Waals surface area contributed by atoms with Crippen LogP contribution in [0.5, 0.6) is 5.75 Å². The number of nitrogens with zero attached hydrogens (tertiary/aromatic N) is 1. The van der Waals surface area contributed by atoms with Crippen molar-refractivity contribution in [3.05, 3.63) is 59.4 Å². The fraction of sp³-hybridized carbons (Fsp3) is 0.353. The predicted molar refractivity (Wildman–Crippen MR) is 82.1 cm³/mol. The first-order valence-corrected chi connectivity index (χ1v) is 6.94. The van der Waals surface area contributed by atoms with Crippen molar-refractivity contribution in [2.45, 2.75) is 25.8 Å². The van der Waals surface area contributed by atoms with Crippen LogP contribution in [0.4, 0.5) is 0 Å². The van der Waals surface area contributed by atoms with Gasteiger partial charge in [-0.3, -0.25) is 4.98 Å². The van der Waals surface area contributed by atoms with E-state index in [1.54, 1.807) is 13.3 Å². The molecule has 1 unspecified atom stereocenters. The lowest BCUT2D eigenvalue weighted by Gasteiger charge is -2.17. The van der Waals surface area contributed by atoms with Crippen LogP contribution in [-0.4, -0.2) is 19.1 Å². The maximum absolute atomic E-state index is 5.24. The molecule has 1 aromatic carbocycles. The highest BCUT2D eigenvalue weighted by Gasteiger charge is 2.10. The van der Waals surface area contributed by atoms with Crippen molar-refractivity contribution in [3.8, 4) is 5.75 Å². The molecule has 1 heterocycles. The summed E-state index contributed by atoms with van der Waals surface area (Å²) in [6.45, 7) is 2.11. The smallest absolute Gasteiger partial charge is 0.137 e. The normalized spacial score (nSPS) is 12.2. The van der Waals surface area contributed by atoms with Gasteiger partial charge in [0.05, 0.1) is 13.3 Å². The Morgan fingerprint density at radius 3 is 2.60 bits per heavy atom. The first-order valence-electron chi connectivity index (χ1n) is 6.94. The van der Waals surface area contributed by atoms with Crippen LogP contribution in [0.2, 0.25) is 0 Å². The molecule has 1 atom stereocenters. The van der Waals surface area contributed by atoms with E-state index >= 15 is 0 Å². The van der Waals surface area contributed by atoms with E-state index in [-0.39, 0.29) is 0 Å². The highest BCUT2D eigenvalue weighted by Crippen LogP contribution is 2.21. The molecule has 0 saturated carbocycles. The molecule has 0 saturated heterocycles. The van der Waals surface area contributed by atoms with Crippen LogP contribution in [0.3, 0.4) is 0 Å². The molecular weight excluding hydrogens is 248 g/mol. The van der Waals surface area contributed by atoms with E-state index in [4.69, 9.17) is 4.74 Å². The van der Waals surface area contributed by atoms with E-state index in [9.17, 15) is 0 Å². The maximum Gasteiger partial charge on any atom is 0.137 e. The fourth-order valence-corrected chi connectivity index (χ4v) is 2.28. The Labute approximate surface area is 121 Å². The first-order chi connectivity index (χ1) is 9.72.